The number of thioether (sulfide) groups is 1. The molecule has 3 aromatic carbocycles. The van der Waals surface area contributed by atoms with Gasteiger partial charge in [0.2, 0.25) is 0 Å². The molecule has 1 aliphatic heterocycles. The molecular weight excluding hydrogens is 440 g/mol. The molecule has 0 aliphatic carbocycles. The van der Waals surface area contributed by atoms with Crippen LogP contribution >= 0.6 is 24.0 Å². The third kappa shape index (κ3) is 5.07. The van der Waals surface area contributed by atoms with Gasteiger partial charge in [-0.2, -0.15) is 0 Å². The molecule has 1 N–H and O–H groups in total. The zero-order valence-electron chi connectivity index (χ0n) is 17.3. The molecule has 32 heavy (non-hydrogen) atoms. The lowest BCUT2D eigenvalue weighted by Crippen LogP contribution is -2.27. The summed E-state index contributed by atoms with van der Waals surface area (Å²) in [7, 11) is 0. The van der Waals surface area contributed by atoms with E-state index in [0.29, 0.717) is 15.0 Å². The number of para-hydroxylation sites is 2. The molecule has 0 bridgehead atoms. The fourth-order valence-electron chi connectivity index (χ4n) is 3.13. The van der Waals surface area contributed by atoms with Gasteiger partial charge in [0.05, 0.1) is 10.6 Å². The van der Waals surface area contributed by atoms with Crippen LogP contribution in [-0.4, -0.2) is 22.7 Å². The van der Waals surface area contributed by atoms with E-state index in [1.54, 1.807) is 18.2 Å². The van der Waals surface area contributed by atoms with Gasteiger partial charge in [-0.1, -0.05) is 72.5 Å². The van der Waals surface area contributed by atoms with Crippen molar-refractivity contribution in [2.75, 3.05) is 16.8 Å². The van der Waals surface area contributed by atoms with Crippen molar-refractivity contribution in [1.82, 2.24) is 0 Å². The summed E-state index contributed by atoms with van der Waals surface area (Å²) < 4.78 is 6.09. The van der Waals surface area contributed by atoms with Gasteiger partial charge in [0.15, 0.2) is 10.9 Å². The van der Waals surface area contributed by atoms with Gasteiger partial charge in [-0.3, -0.25) is 14.5 Å². The van der Waals surface area contributed by atoms with Crippen LogP contribution in [0.15, 0.2) is 83.8 Å². The van der Waals surface area contributed by atoms with Crippen molar-refractivity contribution in [3.05, 3.63) is 94.9 Å². The Hall–Kier alpha value is -3.42. The molecule has 0 unspecified atom stereocenters. The number of carbonyl (C=O) groups is 2. The van der Waals surface area contributed by atoms with Crippen LogP contribution in [-0.2, 0) is 9.59 Å². The molecule has 0 saturated carbocycles. The Bertz CT molecular complexity index is 1190. The molecule has 0 spiro atoms. The van der Waals surface area contributed by atoms with Crippen molar-refractivity contribution < 1.29 is 14.3 Å². The van der Waals surface area contributed by atoms with Crippen LogP contribution in [0.2, 0.25) is 0 Å². The molecule has 7 heteroatoms. The summed E-state index contributed by atoms with van der Waals surface area (Å²) in [5, 5.41) is 2.84. The number of carbonyl (C=O) groups excluding carboxylic acids is 2. The predicted octanol–water partition coefficient (Wildman–Crippen LogP) is 5.42. The number of nitrogens with one attached hydrogen (secondary N) is 1. The lowest BCUT2D eigenvalue weighted by molar-refractivity contribution is -0.118. The monoisotopic (exact) mass is 460 g/mol. The zero-order chi connectivity index (χ0) is 22.5. The second-order valence-electron chi connectivity index (χ2n) is 7.07. The highest BCUT2D eigenvalue weighted by Crippen LogP contribution is 2.36. The first kappa shape index (κ1) is 21.8. The number of thiocarbonyl (C=S) groups is 1. The average Bonchev–Trinajstić information content (AvgIpc) is 3.08. The lowest BCUT2D eigenvalue weighted by Gasteiger charge is -2.13. The van der Waals surface area contributed by atoms with Crippen molar-refractivity contribution in [2.24, 2.45) is 0 Å². The number of aryl methyl sites for hydroxylation is 1. The number of ether oxygens (including phenoxy) is 1. The van der Waals surface area contributed by atoms with Crippen LogP contribution in [0.5, 0.6) is 5.75 Å². The van der Waals surface area contributed by atoms with Crippen molar-refractivity contribution in [3.63, 3.8) is 0 Å². The maximum absolute atomic E-state index is 12.8. The predicted molar refractivity (Wildman–Crippen MR) is 134 cm³/mol. The van der Waals surface area contributed by atoms with E-state index >= 15 is 0 Å². The van der Waals surface area contributed by atoms with Crippen molar-refractivity contribution >= 4 is 57.6 Å². The Morgan fingerprint density at radius 1 is 1.03 bits per heavy atom. The average molecular weight is 461 g/mol. The number of amides is 2. The summed E-state index contributed by atoms with van der Waals surface area (Å²) >= 11 is 6.67. The van der Waals surface area contributed by atoms with E-state index in [1.807, 2.05) is 73.7 Å². The van der Waals surface area contributed by atoms with Crippen LogP contribution in [0.25, 0.3) is 6.08 Å². The highest BCUT2D eigenvalue weighted by Gasteiger charge is 2.33. The first-order valence-corrected chi connectivity index (χ1v) is 11.1. The summed E-state index contributed by atoms with van der Waals surface area (Å²) in [4.78, 5) is 27.1. The number of hydrogen-bond acceptors (Lipinski definition) is 5. The normalized spacial score (nSPS) is 14.7. The van der Waals surface area contributed by atoms with Gasteiger partial charge in [0.25, 0.3) is 11.8 Å². The van der Waals surface area contributed by atoms with Crippen LogP contribution in [0.4, 0.5) is 11.4 Å². The summed E-state index contributed by atoms with van der Waals surface area (Å²) in [6, 6.07) is 24.1. The smallest absolute Gasteiger partial charge is 0.270 e. The maximum atomic E-state index is 12.8. The molecule has 1 saturated heterocycles. The summed E-state index contributed by atoms with van der Waals surface area (Å²) in [5.41, 5.74) is 3.36. The van der Waals surface area contributed by atoms with Crippen LogP contribution < -0.4 is 15.0 Å². The van der Waals surface area contributed by atoms with Gasteiger partial charge in [0, 0.05) is 5.69 Å². The highest BCUT2D eigenvalue weighted by molar-refractivity contribution is 8.27. The van der Waals surface area contributed by atoms with E-state index in [4.69, 9.17) is 17.0 Å². The third-order valence-electron chi connectivity index (χ3n) is 4.78. The van der Waals surface area contributed by atoms with E-state index in [2.05, 4.69) is 5.32 Å². The molecule has 0 aromatic heterocycles. The molecule has 0 radical (unpaired) electrons. The van der Waals surface area contributed by atoms with E-state index in [1.165, 1.54) is 16.7 Å². The van der Waals surface area contributed by atoms with Gasteiger partial charge < -0.3 is 10.1 Å². The number of anilines is 2. The van der Waals surface area contributed by atoms with Crippen LogP contribution in [0.1, 0.15) is 11.1 Å². The number of rotatable bonds is 6. The third-order valence-corrected chi connectivity index (χ3v) is 6.08. The van der Waals surface area contributed by atoms with Crippen molar-refractivity contribution in [2.45, 2.75) is 6.92 Å². The largest absolute Gasteiger partial charge is 0.484 e. The number of hydrogen-bond donors (Lipinski definition) is 1. The minimum Gasteiger partial charge on any atom is -0.484 e. The minimum absolute atomic E-state index is 0.0938. The van der Waals surface area contributed by atoms with E-state index in [9.17, 15) is 9.59 Å². The summed E-state index contributed by atoms with van der Waals surface area (Å²) in [6.07, 6.45) is 1.80. The fraction of sp³-hybridized carbons (Fsp3) is 0.0800. The molecule has 2 amide bonds. The van der Waals surface area contributed by atoms with Crippen molar-refractivity contribution in [3.8, 4) is 5.75 Å². The second-order valence-corrected chi connectivity index (χ2v) is 8.75. The van der Waals surface area contributed by atoms with E-state index < -0.39 is 0 Å². The molecule has 1 heterocycles. The van der Waals surface area contributed by atoms with E-state index in [-0.39, 0.29) is 18.4 Å². The first-order valence-electron chi connectivity index (χ1n) is 9.92. The van der Waals surface area contributed by atoms with Gasteiger partial charge in [0.1, 0.15) is 5.75 Å². The lowest BCUT2D eigenvalue weighted by atomic mass is 10.2. The molecular formula is C25H20N2O3S2. The van der Waals surface area contributed by atoms with Crippen molar-refractivity contribution in [1.29, 1.82) is 0 Å². The molecule has 5 nitrogen and oxygen atoms in total. The van der Waals surface area contributed by atoms with Crippen LogP contribution in [0, 0.1) is 6.92 Å². The Kier molecular flexibility index (Phi) is 6.68. The fourth-order valence-corrected chi connectivity index (χ4v) is 4.43. The Morgan fingerprint density at radius 3 is 2.44 bits per heavy atom. The Morgan fingerprint density at radius 2 is 1.72 bits per heavy atom. The molecule has 3 aromatic rings. The number of benzene rings is 3. The quantitative estimate of drug-likeness (QED) is 0.393. The molecule has 0 atom stereocenters. The van der Waals surface area contributed by atoms with Crippen LogP contribution in [0.3, 0.4) is 0 Å². The second kappa shape index (κ2) is 9.80. The van der Waals surface area contributed by atoms with Gasteiger partial charge in [-0.05, 0) is 54.5 Å². The number of nitrogens with zero attached hydrogens (tertiary/aromatic N) is 1. The maximum Gasteiger partial charge on any atom is 0.270 e. The van der Waals surface area contributed by atoms with E-state index in [0.717, 1.165) is 22.5 Å². The Balaban J connectivity index is 1.37. The molecule has 1 fully saturated rings. The topological polar surface area (TPSA) is 58.6 Å². The molecule has 1 aliphatic rings. The molecule has 160 valence electrons. The summed E-state index contributed by atoms with van der Waals surface area (Å²) in [5.74, 6) is 0.200. The van der Waals surface area contributed by atoms with Gasteiger partial charge >= 0.3 is 0 Å². The Labute approximate surface area is 196 Å². The standard InChI is InChI=1S/C25H20N2O3S2/c1-17-7-5-6-10-21(17)26-23(28)16-30-20-13-11-18(12-14-20)15-22-24(29)27(25(31)32-22)19-8-3-2-4-9-19/h2-15H,16H2,1H3,(H,26,28)/b22-15-. The van der Waals surface area contributed by atoms with Gasteiger partial charge in [-0.25, -0.2) is 0 Å². The SMILES string of the molecule is Cc1ccccc1NC(=O)COc1ccc(/C=C2\SC(=S)N(c3ccccc3)C2=O)cc1. The molecule has 4 rings (SSSR count). The summed E-state index contributed by atoms with van der Waals surface area (Å²) in [6.45, 7) is 1.84. The van der Waals surface area contributed by atoms with Gasteiger partial charge in [-0.15, -0.1) is 0 Å². The highest BCUT2D eigenvalue weighted by atomic mass is 32.2. The zero-order valence-corrected chi connectivity index (χ0v) is 18.9. The minimum atomic E-state index is -0.229. The first-order chi connectivity index (χ1) is 15.5.